The van der Waals surface area contributed by atoms with E-state index in [0.29, 0.717) is 18.2 Å². The van der Waals surface area contributed by atoms with Gasteiger partial charge in [0.2, 0.25) is 9.84 Å². The minimum Gasteiger partial charge on any atom is -0.479 e. The largest absolute Gasteiger partial charge is 0.479 e. The van der Waals surface area contributed by atoms with Gasteiger partial charge in [-0.25, -0.2) is 18.0 Å². The number of halogens is 3. The third-order valence-electron chi connectivity index (χ3n) is 5.02. The molecule has 7 nitrogen and oxygen atoms in total. The smallest absolute Gasteiger partial charge is 0.416 e. The summed E-state index contributed by atoms with van der Waals surface area (Å²) < 4.78 is 80.4. The normalized spacial score (nSPS) is 12.6. The molecule has 0 heterocycles. The molecule has 11 heteroatoms. The Balaban J connectivity index is 2.19. The van der Waals surface area contributed by atoms with Crippen LogP contribution >= 0.6 is 0 Å². The number of methoxy groups -OCH3 is 1. The van der Waals surface area contributed by atoms with Crippen LogP contribution < -0.4 is 4.74 Å². The Morgan fingerprint density at radius 2 is 1.66 bits per heavy atom. The third-order valence-corrected chi connectivity index (χ3v) is 6.85. The van der Waals surface area contributed by atoms with E-state index in [1.807, 2.05) is 0 Å². The number of esters is 2. The Bertz CT molecular complexity index is 1130. The van der Waals surface area contributed by atoms with Gasteiger partial charge >= 0.3 is 18.1 Å². The Kier molecular flexibility index (Phi) is 9.70. The Morgan fingerprint density at radius 3 is 2.23 bits per heavy atom. The van der Waals surface area contributed by atoms with Gasteiger partial charge in [-0.1, -0.05) is 26.2 Å². The second-order valence-corrected chi connectivity index (χ2v) is 9.58. The highest BCUT2D eigenvalue weighted by molar-refractivity contribution is 7.91. The molecule has 0 aliphatic heterocycles. The zero-order valence-electron chi connectivity index (χ0n) is 19.6. The topological polar surface area (TPSA) is 96.0 Å². The number of alkyl halides is 3. The summed E-state index contributed by atoms with van der Waals surface area (Å²) >= 11 is 0. The molecule has 35 heavy (non-hydrogen) atoms. The molecule has 0 radical (unpaired) electrons. The predicted molar refractivity (Wildman–Crippen MR) is 120 cm³/mol. The molecule has 192 valence electrons. The van der Waals surface area contributed by atoms with E-state index in [0.717, 1.165) is 44.9 Å². The van der Waals surface area contributed by atoms with Crippen molar-refractivity contribution < 1.29 is 45.4 Å². The van der Waals surface area contributed by atoms with Crippen molar-refractivity contribution in [3.8, 4) is 5.75 Å². The first-order valence-corrected chi connectivity index (χ1v) is 12.4. The lowest BCUT2D eigenvalue weighted by molar-refractivity contribution is -0.151. The fourth-order valence-corrected chi connectivity index (χ4v) is 4.53. The summed E-state index contributed by atoms with van der Waals surface area (Å²) in [6, 6.07) is 6.63. The predicted octanol–water partition coefficient (Wildman–Crippen LogP) is 5.22. The summed E-state index contributed by atoms with van der Waals surface area (Å²) in [5.41, 5.74) is -1.93. The molecule has 2 aromatic rings. The molecule has 0 bridgehead atoms. The second-order valence-electron chi connectivity index (χ2n) is 7.66. The van der Waals surface area contributed by atoms with Crippen molar-refractivity contribution in [3.63, 3.8) is 0 Å². The number of unbranched alkanes of at least 4 members (excludes halogenated alkanes) is 3. The molecule has 0 aliphatic rings. The van der Waals surface area contributed by atoms with E-state index in [9.17, 15) is 31.2 Å². The van der Waals surface area contributed by atoms with Crippen molar-refractivity contribution in [2.45, 2.75) is 61.6 Å². The van der Waals surface area contributed by atoms with Crippen molar-refractivity contribution in [1.82, 2.24) is 0 Å². The zero-order chi connectivity index (χ0) is 26.2. The van der Waals surface area contributed by atoms with Gasteiger partial charge in [0, 0.05) is 0 Å². The van der Waals surface area contributed by atoms with Crippen LogP contribution in [0.1, 0.15) is 55.5 Å². The van der Waals surface area contributed by atoms with Crippen LogP contribution in [0.3, 0.4) is 0 Å². The van der Waals surface area contributed by atoms with Crippen LogP contribution in [0.5, 0.6) is 5.75 Å². The second kappa shape index (κ2) is 12.1. The lowest BCUT2D eigenvalue weighted by atomic mass is 10.1. The Labute approximate surface area is 202 Å². The summed E-state index contributed by atoms with van der Waals surface area (Å²) in [5, 5.41) is 0. The molecule has 0 saturated heterocycles. The van der Waals surface area contributed by atoms with Gasteiger partial charge in [-0.05, 0) is 55.8 Å². The highest BCUT2D eigenvalue weighted by atomic mass is 32.2. The van der Waals surface area contributed by atoms with Crippen LogP contribution in [0.15, 0.2) is 52.3 Å². The Hall–Kier alpha value is -3.08. The van der Waals surface area contributed by atoms with Gasteiger partial charge in [0.15, 0.2) is 6.10 Å². The zero-order valence-corrected chi connectivity index (χ0v) is 20.4. The van der Waals surface area contributed by atoms with Gasteiger partial charge in [0.05, 0.1) is 34.6 Å². The van der Waals surface area contributed by atoms with Crippen molar-refractivity contribution >= 4 is 21.8 Å². The maximum Gasteiger partial charge on any atom is 0.416 e. The minimum absolute atomic E-state index is 0.181. The summed E-state index contributed by atoms with van der Waals surface area (Å²) in [5.74, 6) is -1.61. The first-order chi connectivity index (χ1) is 16.4. The molecule has 0 fully saturated rings. The molecule has 1 unspecified atom stereocenters. The monoisotopic (exact) mass is 516 g/mol. The number of ether oxygens (including phenoxy) is 3. The number of hydrogen-bond donors (Lipinski definition) is 0. The first-order valence-electron chi connectivity index (χ1n) is 10.9. The van der Waals surface area contributed by atoms with E-state index in [4.69, 9.17) is 9.47 Å². The lowest BCUT2D eigenvalue weighted by Crippen LogP contribution is -2.26. The van der Waals surface area contributed by atoms with Crippen LogP contribution in [0.4, 0.5) is 13.2 Å². The molecule has 2 rings (SSSR count). The maximum atomic E-state index is 13.1. The van der Waals surface area contributed by atoms with Crippen LogP contribution in [0.25, 0.3) is 0 Å². The number of carbonyl (C=O) groups excluding carboxylic acids is 2. The molecule has 0 saturated carbocycles. The van der Waals surface area contributed by atoms with Gasteiger partial charge in [-0.2, -0.15) is 13.2 Å². The summed E-state index contributed by atoms with van der Waals surface area (Å²) in [6.07, 6.45) is -1.92. The van der Waals surface area contributed by atoms with E-state index in [-0.39, 0.29) is 17.3 Å². The van der Waals surface area contributed by atoms with Crippen molar-refractivity contribution in [2.75, 3.05) is 13.7 Å². The first kappa shape index (κ1) is 28.2. The van der Waals surface area contributed by atoms with Crippen LogP contribution in [0, 0.1) is 0 Å². The van der Waals surface area contributed by atoms with Crippen molar-refractivity contribution in [1.29, 1.82) is 0 Å². The van der Waals surface area contributed by atoms with Gasteiger partial charge in [-0.3, -0.25) is 0 Å². The highest BCUT2D eigenvalue weighted by Gasteiger charge is 2.34. The average molecular weight is 517 g/mol. The molecule has 0 aromatic heterocycles. The molecule has 0 amide bonds. The summed E-state index contributed by atoms with van der Waals surface area (Å²) in [7, 11) is -3.45. The van der Waals surface area contributed by atoms with Crippen molar-refractivity contribution in [3.05, 3.63) is 53.6 Å². The Morgan fingerprint density at radius 1 is 1.00 bits per heavy atom. The molecular weight excluding hydrogens is 489 g/mol. The number of rotatable bonds is 11. The van der Waals surface area contributed by atoms with Gasteiger partial charge in [0.25, 0.3) is 0 Å². The van der Waals surface area contributed by atoms with Gasteiger partial charge in [0.1, 0.15) is 5.75 Å². The molecule has 2 aromatic carbocycles. The lowest BCUT2D eigenvalue weighted by Gasteiger charge is -2.15. The highest BCUT2D eigenvalue weighted by Crippen LogP contribution is 2.34. The molecule has 0 aliphatic carbocycles. The van der Waals surface area contributed by atoms with Gasteiger partial charge < -0.3 is 14.2 Å². The number of sulfone groups is 1. The fraction of sp³-hybridized carbons (Fsp3) is 0.417. The summed E-state index contributed by atoms with van der Waals surface area (Å²) in [4.78, 5) is 23.2. The van der Waals surface area contributed by atoms with E-state index in [1.165, 1.54) is 19.1 Å². The maximum absolute atomic E-state index is 13.1. The van der Waals surface area contributed by atoms with E-state index in [1.54, 1.807) is 0 Å². The third kappa shape index (κ3) is 7.45. The van der Waals surface area contributed by atoms with Gasteiger partial charge in [-0.15, -0.1) is 0 Å². The minimum atomic E-state index is -4.78. The number of benzene rings is 2. The van der Waals surface area contributed by atoms with Crippen LogP contribution in [-0.2, 0) is 30.3 Å². The fourth-order valence-electron chi connectivity index (χ4n) is 3.11. The number of hydrogen-bond acceptors (Lipinski definition) is 7. The molecule has 0 N–H and O–H groups in total. The molecule has 1 atom stereocenters. The average Bonchev–Trinajstić information content (AvgIpc) is 2.82. The summed E-state index contributed by atoms with van der Waals surface area (Å²) in [6.45, 7) is 3.84. The van der Waals surface area contributed by atoms with E-state index < -0.39 is 50.1 Å². The standard InChI is InChI=1S/C24H27F3O7S/c1-4-5-6-7-14-33-22(28)16(2)34-18-9-11-19(12-10-18)35(30,31)21-13-8-17(24(25,26)27)15-20(21)23(29)32-3/h8-13,15-16H,4-7,14H2,1-3H3. The quantitative estimate of drug-likeness (QED) is 0.299. The van der Waals surface area contributed by atoms with Crippen LogP contribution in [0.2, 0.25) is 0 Å². The molecular formula is C24H27F3O7S. The SMILES string of the molecule is CCCCCCOC(=O)C(C)Oc1ccc(S(=O)(=O)c2ccc(C(F)(F)F)cc2C(=O)OC)cc1. The van der Waals surface area contributed by atoms with Crippen LogP contribution in [-0.4, -0.2) is 40.2 Å². The molecule has 0 spiro atoms. The van der Waals surface area contributed by atoms with Crippen molar-refractivity contribution in [2.24, 2.45) is 0 Å². The number of carbonyl (C=O) groups is 2. The van der Waals surface area contributed by atoms with E-state index >= 15 is 0 Å². The van der Waals surface area contributed by atoms with E-state index in [2.05, 4.69) is 11.7 Å².